The van der Waals surface area contributed by atoms with Gasteiger partial charge in [0.25, 0.3) is 5.91 Å². The second-order valence-corrected chi connectivity index (χ2v) is 7.83. The minimum atomic E-state index is -0.0849. The van der Waals surface area contributed by atoms with Crippen molar-refractivity contribution in [1.29, 1.82) is 0 Å². The van der Waals surface area contributed by atoms with E-state index in [1.807, 2.05) is 13.8 Å². The zero-order chi connectivity index (χ0) is 17.0. The zero-order valence-electron chi connectivity index (χ0n) is 14.4. The first kappa shape index (κ1) is 17.9. The van der Waals surface area contributed by atoms with Crippen molar-refractivity contribution in [3.63, 3.8) is 0 Å². The van der Waals surface area contributed by atoms with Gasteiger partial charge in [0.05, 0.1) is 5.69 Å². The fraction of sp³-hybridized carbons (Fsp3) is 0.706. The molecule has 23 heavy (non-hydrogen) atoms. The van der Waals surface area contributed by atoms with Gasteiger partial charge >= 0.3 is 0 Å². The highest BCUT2D eigenvalue weighted by Gasteiger charge is 2.26. The van der Waals surface area contributed by atoms with Crippen LogP contribution in [-0.4, -0.2) is 29.4 Å². The van der Waals surface area contributed by atoms with E-state index in [-0.39, 0.29) is 23.8 Å². The van der Waals surface area contributed by atoms with Crippen molar-refractivity contribution < 1.29 is 9.59 Å². The third-order valence-electron chi connectivity index (χ3n) is 4.21. The lowest BCUT2D eigenvalue weighted by Crippen LogP contribution is -2.41. The third-order valence-corrected chi connectivity index (χ3v) is 5.33. The fourth-order valence-electron chi connectivity index (χ4n) is 2.50. The van der Waals surface area contributed by atoms with Gasteiger partial charge in [0.15, 0.2) is 5.01 Å². The Balaban J connectivity index is 1.96. The minimum Gasteiger partial charge on any atom is -0.353 e. The van der Waals surface area contributed by atoms with Crippen LogP contribution in [0, 0.1) is 11.8 Å². The van der Waals surface area contributed by atoms with Crippen molar-refractivity contribution >= 4 is 23.2 Å². The number of hydrogen-bond acceptors (Lipinski definition) is 4. The molecule has 0 spiro atoms. The molecule has 6 heteroatoms. The Morgan fingerprint density at radius 1 is 1.35 bits per heavy atom. The standard InChI is InChI=1S/C17H27N3O2S/c1-5-11(4)15(21)19-12-6-7-13-14(8-12)23-17(20-13)16(22)18-9-10(2)3/h10-12H,5-9H2,1-4H3,(H,18,22)(H,19,21)/t11-,12+/m1/s1. The van der Waals surface area contributed by atoms with E-state index in [1.165, 1.54) is 11.3 Å². The Morgan fingerprint density at radius 3 is 2.74 bits per heavy atom. The van der Waals surface area contributed by atoms with Gasteiger partial charge in [-0.15, -0.1) is 11.3 Å². The highest BCUT2D eigenvalue weighted by Crippen LogP contribution is 2.27. The summed E-state index contributed by atoms with van der Waals surface area (Å²) in [5, 5.41) is 6.59. The molecule has 1 aromatic heterocycles. The number of carbonyl (C=O) groups is 2. The average molecular weight is 337 g/mol. The van der Waals surface area contributed by atoms with Crippen LogP contribution < -0.4 is 10.6 Å². The van der Waals surface area contributed by atoms with Crippen LogP contribution in [0.5, 0.6) is 0 Å². The Kier molecular flexibility index (Phi) is 6.16. The lowest BCUT2D eigenvalue weighted by Gasteiger charge is -2.23. The molecule has 1 heterocycles. The van der Waals surface area contributed by atoms with Crippen molar-refractivity contribution in [2.24, 2.45) is 11.8 Å². The summed E-state index contributed by atoms with van der Waals surface area (Å²) in [6.45, 7) is 8.77. The largest absolute Gasteiger partial charge is 0.353 e. The highest BCUT2D eigenvalue weighted by atomic mass is 32.1. The molecule has 128 valence electrons. The fourth-order valence-corrected chi connectivity index (χ4v) is 3.60. The van der Waals surface area contributed by atoms with Crippen LogP contribution in [0.15, 0.2) is 0 Å². The second-order valence-electron chi connectivity index (χ2n) is 6.75. The molecule has 2 amide bonds. The van der Waals surface area contributed by atoms with Crippen molar-refractivity contribution in [1.82, 2.24) is 15.6 Å². The van der Waals surface area contributed by atoms with Gasteiger partial charge in [-0.1, -0.05) is 27.7 Å². The number of rotatable bonds is 6. The van der Waals surface area contributed by atoms with E-state index in [9.17, 15) is 9.59 Å². The summed E-state index contributed by atoms with van der Waals surface area (Å²) in [7, 11) is 0. The molecule has 0 radical (unpaired) electrons. The van der Waals surface area contributed by atoms with Gasteiger partial charge in [-0.05, 0) is 25.2 Å². The summed E-state index contributed by atoms with van der Waals surface area (Å²) >= 11 is 1.47. The predicted octanol–water partition coefficient (Wildman–Crippen LogP) is 2.55. The van der Waals surface area contributed by atoms with Crippen LogP contribution in [0.25, 0.3) is 0 Å². The quantitative estimate of drug-likeness (QED) is 0.838. The smallest absolute Gasteiger partial charge is 0.280 e. The number of aromatic nitrogens is 1. The molecule has 0 aliphatic heterocycles. The van der Waals surface area contributed by atoms with E-state index < -0.39 is 0 Å². The summed E-state index contributed by atoms with van der Waals surface area (Å²) < 4.78 is 0. The van der Waals surface area contributed by atoms with Gasteiger partial charge in [0.2, 0.25) is 5.91 Å². The SMILES string of the molecule is CC[C@@H](C)C(=O)N[C@H]1CCc2nc(C(=O)NCC(C)C)sc2C1. The van der Waals surface area contributed by atoms with Crippen LogP contribution in [0.2, 0.25) is 0 Å². The molecule has 1 aromatic rings. The number of carbonyl (C=O) groups excluding carboxylic acids is 2. The summed E-state index contributed by atoms with van der Waals surface area (Å²) in [5.41, 5.74) is 1.03. The van der Waals surface area contributed by atoms with Crippen LogP contribution >= 0.6 is 11.3 Å². The maximum absolute atomic E-state index is 12.1. The number of fused-ring (bicyclic) bond motifs is 1. The van der Waals surface area contributed by atoms with Crippen LogP contribution in [0.3, 0.4) is 0 Å². The van der Waals surface area contributed by atoms with Crippen molar-refractivity contribution in [3.8, 4) is 0 Å². The van der Waals surface area contributed by atoms with Gasteiger partial charge < -0.3 is 10.6 Å². The number of amides is 2. The van der Waals surface area contributed by atoms with E-state index in [1.54, 1.807) is 0 Å². The number of thiazole rings is 1. The van der Waals surface area contributed by atoms with E-state index in [2.05, 4.69) is 29.5 Å². The number of aryl methyl sites for hydroxylation is 1. The molecule has 2 N–H and O–H groups in total. The molecular formula is C17H27N3O2S. The molecule has 0 fully saturated rings. The summed E-state index contributed by atoms with van der Waals surface area (Å²) in [4.78, 5) is 29.8. The summed E-state index contributed by atoms with van der Waals surface area (Å²) in [5.74, 6) is 0.516. The van der Waals surface area contributed by atoms with E-state index >= 15 is 0 Å². The lowest BCUT2D eigenvalue weighted by molar-refractivity contribution is -0.125. The Hall–Kier alpha value is -1.43. The maximum atomic E-state index is 12.1. The Bertz CT molecular complexity index is 568. The second kappa shape index (κ2) is 7.90. The average Bonchev–Trinajstić information content (AvgIpc) is 2.94. The molecule has 1 aliphatic rings. The van der Waals surface area contributed by atoms with Crippen LogP contribution in [0.4, 0.5) is 0 Å². The lowest BCUT2D eigenvalue weighted by atomic mass is 9.96. The molecule has 0 unspecified atom stereocenters. The predicted molar refractivity (Wildman–Crippen MR) is 92.7 cm³/mol. The topological polar surface area (TPSA) is 71.1 Å². The van der Waals surface area contributed by atoms with Crippen molar-refractivity contribution in [2.75, 3.05) is 6.54 Å². The Labute approximate surface area is 142 Å². The molecule has 5 nitrogen and oxygen atoms in total. The molecule has 0 saturated carbocycles. The van der Waals surface area contributed by atoms with Crippen molar-refractivity contribution in [3.05, 3.63) is 15.6 Å². The van der Waals surface area contributed by atoms with E-state index in [0.717, 1.165) is 36.3 Å². The first-order chi connectivity index (χ1) is 10.9. The number of nitrogens with zero attached hydrogens (tertiary/aromatic N) is 1. The number of hydrogen-bond donors (Lipinski definition) is 2. The normalized spacial score (nSPS) is 18.4. The molecule has 0 aromatic carbocycles. The van der Waals surface area contributed by atoms with Gasteiger partial charge in [-0.3, -0.25) is 9.59 Å². The van der Waals surface area contributed by atoms with Gasteiger partial charge in [-0.2, -0.15) is 0 Å². The maximum Gasteiger partial charge on any atom is 0.280 e. The monoisotopic (exact) mass is 337 g/mol. The molecule has 2 rings (SSSR count). The zero-order valence-corrected chi connectivity index (χ0v) is 15.3. The van der Waals surface area contributed by atoms with Gasteiger partial charge in [0, 0.05) is 29.8 Å². The summed E-state index contributed by atoms with van der Waals surface area (Å²) in [6, 6.07) is 0.163. The first-order valence-electron chi connectivity index (χ1n) is 8.47. The molecular weight excluding hydrogens is 310 g/mol. The molecule has 0 saturated heterocycles. The van der Waals surface area contributed by atoms with E-state index in [0.29, 0.717) is 17.5 Å². The minimum absolute atomic E-state index is 0.0511. The molecule has 1 aliphatic carbocycles. The highest BCUT2D eigenvalue weighted by molar-refractivity contribution is 7.13. The van der Waals surface area contributed by atoms with Gasteiger partial charge in [-0.25, -0.2) is 4.98 Å². The summed E-state index contributed by atoms with van der Waals surface area (Å²) in [6.07, 6.45) is 3.36. The Morgan fingerprint density at radius 2 is 2.09 bits per heavy atom. The number of nitrogens with one attached hydrogen (secondary N) is 2. The van der Waals surface area contributed by atoms with E-state index in [4.69, 9.17) is 0 Å². The molecule has 2 atom stereocenters. The first-order valence-corrected chi connectivity index (χ1v) is 9.29. The van der Waals surface area contributed by atoms with Crippen molar-refractivity contribution in [2.45, 2.75) is 59.4 Å². The molecule has 0 bridgehead atoms. The van der Waals surface area contributed by atoms with Crippen LogP contribution in [0.1, 0.15) is 60.9 Å². The van der Waals surface area contributed by atoms with Crippen LogP contribution in [-0.2, 0) is 17.6 Å². The van der Waals surface area contributed by atoms with Gasteiger partial charge in [0.1, 0.15) is 0 Å². The third kappa shape index (κ3) is 4.77.